The van der Waals surface area contributed by atoms with E-state index in [-0.39, 0.29) is 6.61 Å². The van der Waals surface area contributed by atoms with Gasteiger partial charge in [-0.1, -0.05) is 54.6 Å². The number of morpholine rings is 1. The van der Waals surface area contributed by atoms with E-state index >= 15 is 0 Å². The fourth-order valence-electron chi connectivity index (χ4n) is 4.06. The molecule has 0 atom stereocenters. The molecule has 3 aromatic carbocycles. The number of carboxylic acids is 1. The number of rotatable bonds is 10. The Bertz CT molecular complexity index is 1140. The molecular weight excluding hydrogens is 442 g/mol. The van der Waals surface area contributed by atoms with E-state index in [4.69, 9.17) is 19.3 Å². The summed E-state index contributed by atoms with van der Waals surface area (Å²) in [5.41, 5.74) is 5.50. The molecular formula is C29H31NO5. The number of hydrogen-bond donors (Lipinski definition) is 1. The second-order valence-corrected chi connectivity index (χ2v) is 8.49. The SMILES string of the molecule is Cc1cc(OC/C=C(/c2ccccc2)c2ccc(CN3CCOCC3)cc2)ccc1OCC(=O)O. The summed E-state index contributed by atoms with van der Waals surface area (Å²) < 4.78 is 16.7. The fraction of sp³-hybridized carbons (Fsp3) is 0.276. The Morgan fingerprint density at radius 2 is 1.69 bits per heavy atom. The van der Waals surface area contributed by atoms with E-state index in [0.717, 1.165) is 55.1 Å². The van der Waals surface area contributed by atoms with Gasteiger partial charge in [0.2, 0.25) is 0 Å². The van der Waals surface area contributed by atoms with Crippen LogP contribution >= 0.6 is 0 Å². The monoisotopic (exact) mass is 473 g/mol. The van der Waals surface area contributed by atoms with E-state index in [0.29, 0.717) is 18.1 Å². The zero-order valence-corrected chi connectivity index (χ0v) is 20.0. The minimum Gasteiger partial charge on any atom is -0.489 e. The quantitative estimate of drug-likeness (QED) is 0.456. The Balaban J connectivity index is 1.46. The minimum absolute atomic E-state index is 0.366. The summed E-state index contributed by atoms with van der Waals surface area (Å²) in [6.07, 6.45) is 2.09. The topological polar surface area (TPSA) is 68.2 Å². The summed E-state index contributed by atoms with van der Waals surface area (Å²) in [5.74, 6) is 0.240. The van der Waals surface area contributed by atoms with Gasteiger partial charge in [-0.2, -0.15) is 0 Å². The lowest BCUT2D eigenvalue weighted by Crippen LogP contribution is -2.35. The van der Waals surface area contributed by atoms with Gasteiger partial charge in [-0.25, -0.2) is 4.79 Å². The first-order valence-corrected chi connectivity index (χ1v) is 11.8. The van der Waals surface area contributed by atoms with Crippen molar-refractivity contribution in [2.24, 2.45) is 0 Å². The van der Waals surface area contributed by atoms with Crippen LogP contribution < -0.4 is 9.47 Å². The molecule has 182 valence electrons. The molecule has 1 N–H and O–H groups in total. The number of hydrogen-bond acceptors (Lipinski definition) is 5. The molecule has 0 spiro atoms. The number of benzene rings is 3. The first kappa shape index (κ1) is 24.5. The van der Waals surface area contributed by atoms with Crippen LogP contribution in [0.5, 0.6) is 11.5 Å². The Labute approximate surface area is 206 Å². The van der Waals surface area contributed by atoms with Crippen LogP contribution in [0.15, 0.2) is 78.9 Å². The van der Waals surface area contributed by atoms with Gasteiger partial charge in [0.15, 0.2) is 6.61 Å². The van der Waals surface area contributed by atoms with E-state index in [9.17, 15) is 4.79 Å². The van der Waals surface area contributed by atoms with Crippen molar-refractivity contribution in [3.8, 4) is 11.5 Å². The van der Waals surface area contributed by atoms with Gasteiger partial charge in [0.25, 0.3) is 0 Å². The zero-order valence-electron chi connectivity index (χ0n) is 20.0. The van der Waals surface area contributed by atoms with Gasteiger partial charge >= 0.3 is 5.97 Å². The molecule has 3 aromatic rings. The van der Waals surface area contributed by atoms with Crippen molar-refractivity contribution in [1.82, 2.24) is 4.90 Å². The Hall–Kier alpha value is -3.61. The highest BCUT2D eigenvalue weighted by Crippen LogP contribution is 2.26. The maximum atomic E-state index is 10.7. The first-order chi connectivity index (χ1) is 17.1. The van der Waals surface area contributed by atoms with Gasteiger partial charge in [0.1, 0.15) is 18.1 Å². The molecule has 4 rings (SSSR count). The van der Waals surface area contributed by atoms with Crippen LogP contribution in [0.3, 0.4) is 0 Å². The highest BCUT2D eigenvalue weighted by molar-refractivity contribution is 5.79. The highest BCUT2D eigenvalue weighted by Gasteiger charge is 2.11. The Morgan fingerprint density at radius 3 is 2.37 bits per heavy atom. The van der Waals surface area contributed by atoms with E-state index in [1.54, 1.807) is 12.1 Å². The molecule has 1 heterocycles. The van der Waals surface area contributed by atoms with Crippen molar-refractivity contribution in [3.63, 3.8) is 0 Å². The second-order valence-electron chi connectivity index (χ2n) is 8.49. The smallest absolute Gasteiger partial charge is 0.341 e. The number of ether oxygens (including phenoxy) is 3. The molecule has 6 heteroatoms. The third kappa shape index (κ3) is 7.18. The summed E-state index contributed by atoms with van der Waals surface area (Å²) in [6, 6.07) is 24.4. The predicted molar refractivity (Wildman–Crippen MR) is 136 cm³/mol. The summed E-state index contributed by atoms with van der Waals surface area (Å²) >= 11 is 0. The van der Waals surface area contributed by atoms with E-state index in [1.807, 2.05) is 31.2 Å². The van der Waals surface area contributed by atoms with Crippen molar-refractivity contribution in [2.45, 2.75) is 13.5 Å². The van der Waals surface area contributed by atoms with Crippen molar-refractivity contribution >= 4 is 11.5 Å². The lowest BCUT2D eigenvalue weighted by atomic mass is 9.96. The summed E-state index contributed by atoms with van der Waals surface area (Å²) in [4.78, 5) is 13.2. The van der Waals surface area contributed by atoms with Crippen molar-refractivity contribution in [1.29, 1.82) is 0 Å². The maximum absolute atomic E-state index is 10.7. The van der Waals surface area contributed by atoms with E-state index in [1.165, 1.54) is 5.56 Å². The molecule has 0 amide bonds. The molecule has 0 saturated carbocycles. The van der Waals surface area contributed by atoms with Crippen LogP contribution in [-0.2, 0) is 16.1 Å². The number of carboxylic acid groups (broad SMARTS) is 1. The van der Waals surface area contributed by atoms with Crippen LogP contribution in [0.1, 0.15) is 22.3 Å². The molecule has 1 fully saturated rings. The predicted octanol–water partition coefficient (Wildman–Crippen LogP) is 4.80. The van der Waals surface area contributed by atoms with Gasteiger partial charge < -0.3 is 19.3 Å². The van der Waals surface area contributed by atoms with Gasteiger partial charge in [-0.15, -0.1) is 0 Å². The lowest BCUT2D eigenvalue weighted by molar-refractivity contribution is -0.139. The Kier molecular flexibility index (Phi) is 8.54. The molecule has 1 aliphatic heterocycles. The second kappa shape index (κ2) is 12.2. The van der Waals surface area contributed by atoms with Crippen LogP contribution in [0.2, 0.25) is 0 Å². The molecule has 6 nitrogen and oxygen atoms in total. The number of nitrogens with zero attached hydrogens (tertiary/aromatic N) is 1. The van der Waals surface area contributed by atoms with Crippen LogP contribution in [0.25, 0.3) is 5.57 Å². The minimum atomic E-state index is -1.00. The van der Waals surface area contributed by atoms with Gasteiger partial charge in [0.05, 0.1) is 13.2 Å². The largest absolute Gasteiger partial charge is 0.489 e. The molecule has 0 aromatic heterocycles. The van der Waals surface area contributed by atoms with Crippen LogP contribution in [0.4, 0.5) is 0 Å². The van der Waals surface area contributed by atoms with Gasteiger partial charge in [-0.05, 0) is 59.0 Å². The lowest BCUT2D eigenvalue weighted by Gasteiger charge is -2.26. The third-order valence-electron chi connectivity index (χ3n) is 5.89. The molecule has 1 aliphatic rings. The van der Waals surface area contributed by atoms with Crippen molar-refractivity contribution in [3.05, 3.63) is 101 Å². The van der Waals surface area contributed by atoms with E-state index in [2.05, 4.69) is 47.4 Å². The molecule has 0 unspecified atom stereocenters. The van der Waals surface area contributed by atoms with Gasteiger partial charge in [-0.3, -0.25) is 4.90 Å². The maximum Gasteiger partial charge on any atom is 0.341 e. The standard InChI is InChI=1S/C29H31NO5/c1-22-19-26(11-12-28(22)35-21-29(31)32)34-16-13-27(24-5-3-2-4-6-24)25-9-7-23(8-10-25)20-30-14-17-33-18-15-30/h2-13,19H,14-18,20-21H2,1H3,(H,31,32)/b27-13-. The summed E-state index contributed by atoms with van der Waals surface area (Å²) in [6.45, 7) is 6.38. The zero-order chi connectivity index (χ0) is 24.5. The number of carbonyl (C=O) groups is 1. The van der Waals surface area contributed by atoms with Crippen LogP contribution in [-0.4, -0.2) is 55.5 Å². The van der Waals surface area contributed by atoms with Crippen LogP contribution in [0, 0.1) is 6.92 Å². The van der Waals surface area contributed by atoms with Crippen molar-refractivity contribution in [2.75, 3.05) is 39.5 Å². The molecule has 0 bridgehead atoms. The molecule has 35 heavy (non-hydrogen) atoms. The van der Waals surface area contributed by atoms with Gasteiger partial charge in [0, 0.05) is 19.6 Å². The molecule has 1 saturated heterocycles. The fourth-order valence-corrected chi connectivity index (χ4v) is 4.06. The normalized spacial score (nSPS) is 14.5. The molecule has 0 aliphatic carbocycles. The number of aliphatic carboxylic acids is 1. The summed E-state index contributed by atoms with van der Waals surface area (Å²) in [5, 5.41) is 8.80. The van der Waals surface area contributed by atoms with Crippen molar-refractivity contribution < 1.29 is 24.1 Å². The summed E-state index contributed by atoms with van der Waals surface area (Å²) in [7, 11) is 0. The Morgan fingerprint density at radius 1 is 0.971 bits per heavy atom. The molecule has 0 radical (unpaired) electrons. The average molecular weight is 474 g/mol. The highest BCUT2D eigenvalue weighted by atomic mass is 16.5. The third-order valence-corrected chi connectivity index (χ3v) is 5.89. The first-order valence-electron chi connectivity index (χ1n) is 11.8. The average Bonchev–Trinajstić information content (AvgIpc) is 2.88. The number of aryl methyl sites for hydroxylation is 1. The van der Waals surface area contributed by atoms with E-state index < -0.39 is 5.97 Å².